The molecule has 1 fully saturated rings. The maximum absolute atomic E-state index is 13.2. The Hall–Kier alpha value is -3.52. The number of nitrogens with zero attached hydrogens (tertiary/aromatic N) is 1. The zero-order valence-corrected chi connectivity index (χ0v) is 20.9. The largest absolute Gasteiger partial charge is 0.507 e. The van der Waals surface area contributed by atoms with Crippen LogP contribution < -0.4 is 14.2 Å². The number of likely N-dealkylation sites (tertiary alicyclic amines) is 1. The number of ether oxygens (including phenoxy) is 4. The van der Waals surface area contributed by atoms with Gasteiger partial charge in [0.25, 0.3) is 11.7 Å². The van der Waals surface area contributed by atoms with Gasteiger partial charge in [-0.2, -0.15) is 0 Å². The molecule has 1 heterocycles. The minimum Gasteiger partial charge on any atom is -0.507 e. The molecule has 1 aliphatic heterocycles. The fourth-order valence-corrected chi connectivity index (χ4v) is 4.13. The Labute approximate surface area is 206 Å². The van der Waals surface area contributed by atoms with Crippen LogP contribution in [0.2, 0.25) is 0 Å². The molecule has 0 saturated carbocycles. The van der Waals surface area contributed by atoms with Crippen molar-refractivity contribution in [2.24, 2.45) is 0 Å². The third kappa shape index (κ3) is 5.43. The van der Waals surface area contributed by atoms with Crippen LogP contribution in [0.1, 0.15) is 42.5 Å². The summed E-state index contributed by atoms with van der Waals surface area (Å²) >= 11 is 0. The van der Waals surface area contributed by atoms with Gasteiger partial charge in [0, 0.05) is 19.2 Å². The summed E-state index contributed by atoms with van der Waals surface area (Å²) in [5.41, 5.74) is 1.84. The van der Waals surface area contributed by atoms with Gasteiger partial charge in [-0.1, -0.05) is 19.4 Å². The highest BCUT2D eigenvalue weighted by atomic mass is 16.5. The van der Waals surface area contributed by atoms with Gasteiger partial charge in [-0.15, -0.1) is 0 Å². The highest BCUT2D eigenvalue weighted by Crippen LogP contribution is 2.42. The first-order valence-corrected chi connectivity index (χ1v) is 11.6. The summed E-state index contributed by atoms with van der Waals surface area (Å²) < 4.78 is 21.8. The van der Waals surface area contributed by atoms with E-state index in [0.717, 1.165) is 18.4 Å². The van der Waals surface area contributed by atoms with E-state index in [1.807, 2.05) is 6.92 Å². The van der Waals surface area contributed by atoms with Crippen LogP contribution in [0.5, 0.6) is 17.2 Å². The molecule has 0 bridgehead atoms. The molecule has 2 aromatic carbocycles. The summed E-state index contributed by atoms with van der Waals surface area (Å²) in [5.74, 6) is 0.0178. The average molecular weight is 484 g/mol. The van der Waals surface area contributed by atoms with E-state index in [-0.39, 0.29) is 24.5 Å². The monoisotopic (exact) mass is 483 g/mol. The van der Waals surface area contributed by atoms with Gasteiger partial charge < -0.3 is 29.0 Å². The Morgan fingerprint density at radius 1 is 0.971 bits per heavy atom. The lowest BCUT2D eigenvalue weighted by molar-refractivity contribution is -0.140. The van der Waals surface area contributed by atoms with E-state index in [1.165, 1.54) is 19.1 Å². The molecule has 0 spiro atoms. The molecule has 8 nitrogen and oxygen atoms in total. The summed E-state index contributed by atoms with van der Waals surface area (Å²) in [5, 5.41) is 11.2. The number of benzene rings is 2. The van der Waals surface area contributed by atoms with E-state index in [2.05, 4.69) is 6.92 Å². The number of unbranched alkanes of at least 4 members (excludes halogenated alkanes) is 1. The minimum absolute atomic E-state index is 0.0115. The number of methoxy groups -OCH3 is 3. The Bertz CT molecular complexity index is 1110. The molecule has 188 valence electrons. The molecular weight excluding hydrogens is 450 g/mol. The van der Waals surface area contributed by atoms with Crippen LogP contribution in [0, 0.1) is 6.92 Å². The van der Waals surface area contributed by atoms with E-state index >= 15 is 0 Å². The SMILES string of the molecule is CCCCOc1ccc(C2/C(=C(\O)c3ccc(OC)c(C)c3)C(=O)C(=O)N2CCOC)cc1OC. The number of hydrogen-bond acceptors (Lipinski definition) is 7. The van der Waals surface area contributed by atoms with Crippen LogP contribution in [-0.4, -0.2) is 62.8 Å². The molecule has 0 aromatic heterocycles. The van der Waals surface area contributed by atoms with Crippen LogP contribution in [0.15, 0.2) is 42.0 Å². The number of ketones is 1. The average Bonchev–Trinajstić information content (AvgIpc) is 3.12. The Kier molecular flexibility index (Phi) is 8.76. The van der Waals surface area contributed by atoms with Crippen molar-refractivity contribution < 1.29 is 33.6 Å². The lowest BCUT2D eigenvalue weighted by atomic mass is 9.94. The predicted octanol–water partition coefficient (Wildman–Crippen LogP) is 4.26. The van der Waals surface area contributed by atoms with Crippen LogP contribution in [-0.2, 0) is 14.3 Å². The molecule has 0 radical (unpaired) electrons. The summed E-state index contributed by atoms with van der Waals surface area (Å²) in [4.78, 5) is 27.6. The number of Topliss-reactive ketones (excluding diaryl/α,β-unsaturated/α-hetero) is 1. The predicted molar refractivity (Wildman–Crippen MR) is 132 cm³/mol. The van der Waals surface area contributed by atoms with E-state index in [4.69, 9.17) is 18.9 Å². The first-order valence-electron chi connectivity index (χ1n) is 11.6. The van der Waals surface area contributed by atoms with Crippen LogP contribution in [0.4, 0.5) is 0 Å². The van der Waals surface area contributed by atoms with Gasteiger partial charge in [-0.25, -0.2) is 0 Å². The molecule has 3 rings (SSSR count). The van der Waals surface area contributed by atoms with E-state index < -0.39 is 17.7 Å². The Morgan fingerprint density at radius 2 is 1.69 bits per heavy atom. The maximum Gasteiger partial charge on any atom is 0.295 e. The molecule has 2 aromatic rings. The van der Waals surface area contributed by atoms with Crippen molar-refractivity contribution in [1.82, 2.24) is 4.90 Å². The van der Waals surface area contributed by atoms with Gasteiger partial charge >= 0.3 is 0 Å². The smallest absolute Gasteiger partial charge is 0.295 e. The number of hydrogen-bond donors (Lipinski definition) is 1. The number of rotatable bonds is 11. The number of aliphatic hydroxyl groups is 1. The molecule has 1 aliphatic rings. The second kappa shape index (κ2) is 11.8. The lowest BCUT2D eigenvalue weighted by Gasteiger charge is -2.25. The van der Waals surface area contributed by atoms with Crippen molar-refractivity contribution >= 4 is 17.4 Å². The minimum atomic E-state index is -0.814. The number of carbonyl (C=O) groups is 2. The second-order valence-corrected chi connectivity index (χ2v) is 8.28. The molecule has 1 atom stereocenters. The molecule has 1 unspecified atom stereocenters. The molecule has 1 amide bonds. The molecule has 35 heavy (non-hydrogen) atoms. The third-order valence-corrected chi connectivity index (χ3v) is 6.00. The summed E-state index contributed by atoms with van der Waals surface area (Å²) in [6.07, 6.45) is 1.91. The normalized spacial score (nSPS) is 17.1. The number of aliphatic hydroxyl groups excluding tert-OH is 1. The van der Waals surface area contributed by atoms with Crippen LogP contribution >= 0.6 is 0 Å². The second-order valence-electron chi connectivity index (χ2n) is 8.28. The van der Waals surface area contributed by atoms with Gasteiger partial charge in [0.15, 0.2) is 11.5 Å². The zero-order valence-electron chi connectivity index (χ0n) is 20.9. The van der Waals surface area contributed by atoms with Crippen molar-refractivity contribution in [2.75, 3.05) is 41.1 Å². The van der Waals surface area contributed by atoms with E-state index in [1.54, 1.807) is 43.5 Å². The fraction of sp³-hybridized carbons (Fsp3) is 0.407. The number of aryl methyl sites for hydroxylation is 1. The molecule has 0 aliphatic carbocycles. The number of amides is 1. The van der Waals surface area contributed by atoms with Gasteiger partial charge in [-0.05, 0) is 54.8 Å². The summed E-state index contributed by atoms with van der Waals surface area (Å²) in [6, 6.07) is 9.57. The fourth-order valence-electron chi connectivity index (χ4n) is 4.13. The standard InChI is InChI=1S/C27H33NO7/c1-6-7-13-35-21-11-8-18(16-22(21)34-5)24-23(26(30)27(31)28(24)12-14-32-3)25(29)19-9-10-20(33-4)17(2)15-19/h8-11,15-16,24,29H,6-7,12-14H2,1-5H3/b25-23+. The molecule has 1 N–H and O–H groups in total. The lowest BCUT2D eigenvalue weighted by Crippen LogP contribution is -2.32. The topological polar surface area (TPSA) is 94.5 Å². The first-order chi connectivity index (χ1) is 16.9. The van der Waals surface area contributed by atoms with Gasteiger partial charge in [0.05, 0.1) is 39.0 Å². The summed E-state index contributed by atoms with van der Waals surface area (Å²) in [7, 11) is 4.62. The zero-order chi connectivity index (χ0) is 25.5. The van der Waals surface area contributed by atoms with E-state index in [9.17, 15) is 14.7 Å². The first kappa shape index (κ1) is 26.1. The quantitative estimate of drug-likeness (QED) is 0.221. The molecule has 1 saturated heterocycles. The van der Waals surface area contributed by atoms with Crippen molar-refractivity contribution in [1.29, 1.82) is 0 Å². The van der Waals surface area contributed by atoms with Gasteiger partial charge in [0.2, 0.25) is 0 Å². The summed E-state index contributed by atoms with van der Waals surface area (Å²) in [6.45, 7) is 4.89. The Morgan fingerprint density at radius 3 is 2.31 bits per heavy atom. The molecule has 8 heteroatoms. The van der Waals surface area contributed by atoms with E-state index in [0.29, 0.717) is 35.0 Å². The van der Waals surface area contributed by atoms with Crippen LogP contribution in [0.25, 0.3) is 5.76 Å². The van der Waals surface area contributed by atoms with Crippen molar-refractivity contribution in [3.8, 4) is 17.2 Å². The highest BCUT2D eigenvalue weighted by Gasteiger charge is 2.46. The highest BCUT2D eigenvalue weighted by molar-refractivity contribution is 6.46. The van der Waals surface area contributed by atoms with Crippen molar-refractivity contribution in [3.63, 3.8) is 0 Å². The van der Waals surface area contributed by atoms with Gasteiger partial charge in [0.1, 0.15) is 11.5 Å². The van der Waals surface area contributed by atoms with Crippen LogP contribution in [0.3, 0.4) is 0 Å². The molecular formula is C27H33NO7. The third-order valence-electron chi connectivity index (χ3n) is 6.00. The van der Waals surface area contributed by atoms with Crippen molar-refractivity contribution in [2.45, 2.75) is 32.7 Å². The maximum atomic E-state index is 13.2. The van der Waals surface area contributed by atoms with Gasteiger partial charge in [-0.3, -0.25) is 9.59 Å². The Balaban J connectivity index is 2.12. The van der Waals surface area contributed by atoms with Crippen molar-refractivity contribution in [3.05, 3.63) is 58.7 Å². The number of carbonyl (C=O) groups excluding carboxylic acids is 2.